The third kappa shape index (κ3) is 4.39. The molecule has 0 spiro atoms. The van der Waals surface area contributed by atoms with E-state index in [0.717, 1.165) is 7.11 Å². The number of likely N-dealkylation sites (N-methyl/N-ethyl adjacent to an activating group) is 1. The molecule has 1 fully saturated rings. The Hall–Kier alpha value is -1.34. The Morgan fingerprint density at radius 1 is 1.42 bits per heavy atom. The lowest BCUT2D eigenvalue weighted by Crippen LogP contribution is -2.68. The number of nitrogens with one attached hydrogen (secondary N) is 2. The predicted octanol–water partition coefficient (Wildman–Crippen LogP) is -4.02. The van der Waals surface area contributed by atoms with Crippen molar-refractivity contribution < 1.29 is 44.6 Å². The third-order valence-corrected chi connectivity index (χ3v) is 3.81. The number of aliphatic hydroxyl groups is 4. The van der Waals surface area contributed by atoms with Crippen LogP contribution in [0.5, 0.6) is 0 Å². The van der Waals surface area contributed by atoms with Crippen LogP contribution >= 0.6 is 0 Å². The summed E-state index contributed by atoms with van der Waals surface area (Å²) in [5, 5.41) is 53.3. The summed E-state index contributed by atoms with van der Waals surface area (Å²) in [6, 6.07) is -1.22. The molecule has 0 aliphatic carbocycles. The molecule has 11 heteroatoms. The van der Waals surface area contributed by atoms with Crippen LogP contribution in [0.3, 0.4) is 0 Å². The second-order valence-corrected chi connectivity index (χ2v) is 5.48. The van der Waals surface area contributed by atoms with Crippen molar-refractivity contribution in [2.75, 3.05) is 27.3 Å². The minimum absolute atomic E-state index is 0.0943. The van der Waals surface area contributed by atoms with Crippen LogP contribution in [0.15, 0.2) is 0 Å². The van der Waals surface area contributed by atoms with E-state index in [4.69, 9.17) is 14.6 Å². The van der Waals surface area contributed by atoms with Gasteiger partial charge in [-0.15, -0.1) is 0 Å². The third-order valence-electron chi connectivity index (χ3n) is 3.81. The minimum Gasteiger partial charge on any atom is -0.477 e. The number of carbonyl (C=O) groups is 2. The number of hydrogen-bond donors (Lipinski definition) is 7. The number of hydrogen-bond acceptors (Lipinski definition) is 9. The molecule has 1 aliphatic rings. The van der Waals surface area contributed by atoms with Gasteiger partial charge in [0.2, 0.25) is 5.91 Å². The van der Waals surface area contributed by atoms with Crippen LogP contribution in [0, 0.1) is 0 Å². The summed E-state index contributed by atoms with van der Waals surface area (Å²) in [5.74, 6) is -4.34. The number of carboxylic acids is 1. The highest BCUT2D eigenvalue weighted by atomic mass is 16.7. The lowest BCUT2D eigenvalue weighted by molar-refractivity contribution is -0.303. The molecule has 140 valence electrons. The molecule has 1 heterocycles. The van der Waals surface area contributed by atoms with Crippen molar-refractivity contribution in [3.05, 3.63) is 0 Å². The van der Waals surface area contributed by atoms with E-state index in [0.29, 0.717) is 0 Å². The Kier molecular flexibility index (Phi) is 7.48. The molecule has 0 saturated carbocycles. The van der Waals surface area contributed by atoms with E-state index in [9.17, 15) is 30.0 Å². The van der Waals surface area contributed by atoms with Crippen molar-refractivity contribution in [1.29, 1.82) is 0 Å². The fraction of sp³-hybridized carbons (Fsp3) is 0.846. The first-order chi connectivity index (χ1) is 11.2. The van der Waals surface area contributed by atoms with Gasteiger partial charge in [-0.2, -0.15) is 0 Å². The van der Waals surface area contributed by atoms with Gasteiger partial charge in [0.05, 0.1) is 25.3 Å². The maximum atomic E-state index is 11.7. The average molecular weight is 352 g/mol. The molecule has 11 nitrogen and oxygen atoms in total. The van der Waals surface area contributed by atoms with E-state index in [1.165, 1.54) is 7.05 Å². The van der Waals surface area contributed by atoms with E-state index in [1.54, 1.807) is 0 Å². The summed E-state index contributed by atoms with van der Waals surface area (Å²) in [7, 11) is 2.57. The largest absolute Gasteiger partial charge is 0.477 e. The number of aliphatic carboxylic acids is 1. The lowest BCUT2D eigenvalue weighted by atomic mass is 9.88. The van der Waals surface area contributed by atoms with Crippen LogP contribution < -0.4 is 10.6 Å². The molecule has 7 N–H and O–H groups in total. The predicted molar refractivity (Wildman–Crippen MR) is 77.8 cm³/mol. The highest BCUT2D eigenvalue weighted by Gasteiger charge is 2.55. The van der Waals surface area contributed by atoms with Crippen molar-refractivity contribution in [1.82, 2.24) is 10.6 Å². The molecular formula is C13H24N2O9. The number of ether oxygens (including phenoxy) is 2. The molecule has 24 heavy (non-hydrogen) atoms. The molecule has 0 aromatic rings. The first kappa shape index (κ1) is 20.7. The van der Waals surface area contributed by atoms with Gasteiger partial charge in [0.15, 0.2) is 0 Å². The molecule has 1 amide bonds. The van der Waals surface area contributed by atoms with E-state index in [2.05, 4.69) is 10.6 Å². The first-order valence-corrected chi connectivity index (χ1v) is 7.27. The van der Waals surface area contributed by atoms with Gasteiger partial charge in [0.1, 0.15) is 18.3 Å². The van der Waals surface area contributed by atoms with Gasteiger partial charge in [-0.05, 0) is 7.05 Å². The summed E-state index contributed by atoms with van der Waals surface area (Å²) in [5.41, 5.74) is 0. The zero-order valence-electron chi connectivity index (χ0n) is 13.4. The Morgan fingerprint density at radius 3 is 2.50 bits per heavy atom. The second-order valence-electron chi connectivity index (χ2n) is 5.48. The summed E-state index contributed by atoms with van der Waals surface area (Å²) in [6.45, 7) is -0.926. The van der Waals surface area contributed by atoms with E-state index >= 15 is 0 Å². The maximum Gasteiger partial charge on any atom is 0.364 e. The second kappa shape index (κ2) is 8.67. The van der Waals surface area contributed by atoms with Crippen LogP contribution in [0.2, 0.25) is 0 Å². The van der Waals surface area contributed by atoms with Gasteiger partial charge in [-0.3, -0.25) is 4.79 Å². The van der Waals surface area contributed by atoms with Crippen molar-refractivity contribution in [3.63, 3.8) is 0 Å². The molecule has 1 saturated heterocycles. The molecule has 6 unspecified atom stereocenters. The SMILES string of the molecule is CNCC(=O)NC1C(O)CC(OC)(C(=O)O)OC1C(O)C(O)CO. The van der Waals surface area contributed by atoms with Crippen molar-refractivity contribution >= 4 is 11.9 Å². The van der Waals surface area contributed by atoms with E-state index in [1.807, 2.05) is 0 Å². The van der Waals surface area contributed by atoms with Crippen LogP contribution in [0.25, 0.3) is 0 Å². The van der Waals surface area contributed by atoms with Crippen LogP contribution in [-0.4, -0.2) is 101 Å². The molecule has 1 aliphatic heterocycles. The highest BCUT2D eigenvalue weighted by molar-refractivity contribution is 5.79. The van der Waals surface area contributed by atoms with Crippen LogP contribution in [0.1, 0.15) is 6.42 Å². The number of amides is 1. The monoisotopic (exact) mass is 352 g/mol. The topological polar surface area (TPSA) is 178 Å². The van der Waals surface area contributed by atoms with Crippen molar-refractivity contribution in [2.24, 2.45) is 0 Å². The smallest absolute Gasteiger partial charge is 0.364 e. The maximum absolute atomic E-state index is 11.7. The van der Waals surface area contributed by atoms with Gasteiger partial charge in [0, 0.05) is 13.5 Å². The quantitative estimate of drug-likeness (QED) is 0.227. The lowest BCUT2D eigenvalue weighted by Gasteiger charge is -2.46. The Labute approximate surface area is 138 Å². The molecule has 1 rings (SSSR count). The van der Waals surface area contributed by atoms with Crippen LogP contribution in [-0.2, 0) is 19.1 Å². The molecule has 6 atom stereocenters. The van der Waals surface area contributed by atoms with Crippen molar-refractivity contribution in [3.8, 4) is 0 Å². The van der Waals surface area contributed by atoms with Gasteiger partial charge >= 0.3 is 5.97 Å². The summed E-state index contributed by atoms with van der Waals surface area (Å²) >= 11 is 0. The first-order valence-electron chi connectivity index (χ1n) is 7.27. The van der Waals surface area contributed by atoms with Gasteiger partial charge < -0.3 is 45.6 Å². The standard InChI is InChI=1S/C13H24N2O9/c1-14-4-8(19)15-9-6(17)3-13(23-2,12(21)22)24-11(9)10(20)7(18)5-16/h6-7,9-11,14,16-18,20H,3-5H2,1-2H3,(H,15,19)(H,21,22). The van der Waals surface area contributed by atoms with Crippen molar-refractivity contribution in [2.45, 2.75) is 42.7 Å². The van der Waals surface area contributed by atoms with Gasteiger partial charge in [-0.1, -0.05) is 0 Å². The Balaban J connectivity index is 3.12. The molecule has 0 radical (unpaired) electrons. The number of methoxy groups -OCH3 is 1. The minimum atomic E-state index is -2.26. The molecular weight excluding hydrogens is 328 g/mol. The van der Waals surface area contributed by atoms with Crippen LogP contribution in [0.4, 0.5) is 0 Å². The molecule has 0 bridgehead atoms. The molecule has 0 aromatic carbocycles. The normalized spacial score (nSPS) is 32.8. The highest BCUT2D eigenvalue weighted by Crippen LogP contribution is 2.32. The summed E-state index contributed by atoms with van der Waals surface area (Å²) in [6.07, 6.45) is -6.94. The average Bonchev–Trinajstić information content (AvgIpc) is 2.55. The summed E-state index contributed by atoms with van der Waals surface area (Å²) < 4.78 is 10.1. The molecule has 0 aromatic heterocycles. The summed E-state index contributed by atoms with van der Waals surface area (Å²) in [4.78, 5) is 23.2. The number of carbonyl (C=O) groups excluding carboxylic acids is 1. The number of aliphatic hydroxyl groups excluding tert-OH is 4. The number of rotatable bonds is 8. The fourth-order valence-electron chi connectivity index (χ4n) is 2.50. The van der Waals surface area contributed by atoms with Gasteiger partial charge in [-0.25, -0.2) is 4.79 Å². The van der Waals surface area contributed by atoms with Gasteiger partial charge in [0.25, 0.3) is 5.79 Å². The van der Waals surface area contributed by atoms with E-state index < -0.39 is 61.1 Å². The Morgan fingerprint density at radius 2 is 2.04 bits per heavy atom. The Bertz CT molecular complexity index is 449. The number of carboxylic acid groups (broad SMARTS) is 1. The zero-order valence-corrected chi connectivity index (χ0v) is 13.4. The fourth-order valence-corrected chi connectivity index (χ4v) is 2.50. The zero-order chi connectivity index (χ0) is 18.5. The van der Waals surface area contributed by atoms with E-state index in [-0.39, 0.29) is 6.54 Å².